The minimum absolute atomic E-state index is 0.176. The fourth-order valence-corrected chi connectivity index (χ4v) is 5.69. The highest BCUT2D eigenvalue weighted by atomic mass is 17.2. The molecule has 0 bridgehead atoms. The van der Waals surface area contributed by atoms with Crippen LogP contribution in [0.2, 0.25) is 0 Å². The lowest BCUT2D eigenvalue weighted by Crippen LogP contribution is -2.28. The predicted molar refractivity (Wildman–Crippen MR) is 156 cm³/mol. The molecule has 0 saturated heterocycles. The standard InChI is InChI=1S/C32H40O12/c1-35-25-15-21(16-26(36-2)29(25)39-5)31(33)43-41-23-11-7-19(8-12-23)20-9-13-24(14-10-20)42-44-32(34)22-17-27(37-3)30(40-6)28(18-22)38-4/h11,15-20,24H,7-10,12-14H2,1-6H3. The summed E-state index contributed by atoms with van der Waals surface area (Å²) in [5.41, 5.74) is 0.441. The van der Waals surface area contributed by atoms with E-state index in [1.807, 2.05) is 6.08 Å². The van der Waals surface area contributed by atoms with Crippen molar-refractivity contribution in [1.82, 2.24) is 0 Å². The zero-order chi connectivity index (χ0) is 31.6. The topological polar surface area (TPSA) is 126 Å². The lowest BCUT2D eigenvalue weighted by molar-refractivity contribution is -0.281. The molecule has 0 amide bonds. The van der Waals surface area contributed by atoms with Gasteiger partial charge in [-0.05, 0) is 80.7 Å². The van der Waals surface area contributed by atoms with Crippen molar-refractivity contribution in [3.63, 3.8) is 0 Å². The molecule has 0 aliphatic heterocycles. The first kappa shape index (κ1) is 32.6. The number of hydrogen-bond donors (Lipinski definition) is 0. The highest BCUT2D eigenvalue weighted by Crippen LogP contribution is 2.41. The summed E-state index contributed by atoms with van der Waals surface area (Å²) in [7, 11) is 8.88. The Morgan fingerprint density at radius 3 is 1.48 bits per heavy atom. The first-order valence-electron chi connectivity index (χ1n) is 14.4. The van der Waals surface area contributed by atoms with Crippen LogP contribution in [0.1, 0.15) is 65.7 Å². The third-order valence-electron chi connectivity index (χ3n) is 8.08. The maximum Gasteiger partial charge on any atom is 0.386 e. The van der Waals surface area contributed by atoms with Crippen molar-refractivity contribution in [2.45, 2.75) is 51.0 Å². The minimum Gasteiger partial charge on any atom is -0.493 e. The Labute approximate surface area is 256 Å². The molecular formula is C32H40O12. The second-order valence-corrected chi connectivity index (χ2v) is 10.5. The molecule has 1 saturated carbocycles. The summed E-state index contributed by atoms with van der Waals surface area (Å²) < 4.78 is 31.8. The Bertz CT molecular complexity index is 1280. The van der Waals surface area contributed by atoms with E-state index in [0.29, 0.717) is 58.5 Å². The highest BCUT2D eigenvalue weighted by molar-refractivity contribution is 5.91. The van der Waals surface area contributed by atoms with Crippen molar-refractivity contribution in [1.29, 1.82) is 0 Å². The van der Waals surface area contributed by atoms with E-state index in [2.05, 4.69) is 0 Å². The van der Waals surface area contributed by atoms with Gasteiger partial charge in [-0.3, -0.25) is 9.78 Å². The van der Waals surface area contributed by atoms with Gasteiger partial charge in [-0.25, -0.2) is 14.5 Å². The zero-order valence-corrected chi connectivity index (χ0v) is 26.0. The molecule has 44 heavy (non-hydrogen) atoms. The largest absolute Gasteiger partial charge is 0.493 e. The van der Waals surface area contributed by atoms with Gasteiger partial charge in [-0.1, -0.05) is 0 Å². The van der Waals surface area contributed by atoms with E-state index in [9.17, 15) is 9.59 Å². The summed E-state index contributed by atoms with van der Waals surface area (Å²) in [5, 5.41) is 0. The molecule has 1 fully saturated rings. The van der Waals surface area contributed by atoms with Gasteiger partial charge in [0.05, 0.1) is 53.8 Å². The molecule has 240 valence electrons. The molecule has 12 heteroatoms. The van der Waals surface area contributed by atoms with Gasteiger partial charge >= 0.3 is 11.9 Å². The van der Waals surface area contributed by atoms with E-state index >= 15 is 0 Å². The second-order valence-electron chi connectivity index (χ2n) is 10.5. The van der Waals surface area contributed by atoms with Crippen LogP contribution in [0.25, 0.3) is 0 Å². The van der Waals surface area contributed by atoms with Crippen LogP contribution in [0.3, 0.4) is 0 Å². The van der Waals surface area contributed by atoms with Crippen LogP contribution in [-0.2, 0) is 19.6 Å². The van der Waals surface area contributed by atoms with Crippen LogP contribution >= 0.6 is 0 Å². The molecular weight excluding hydrogens is 576 g/mol. The molecule has 1 atom stereocenters. The normalized spacial score (nSPS) is 19.6. The maximum absolute atomic E-state index is 12.7. The fraction of sp³-hybridized carbons (Fsp3) is 0.500. The van der Waals surface area contributed by atoms with Gasteiger partial charge in [0.1, 0.15) is 6.10 Å². The number of benzene rings is 2. The smallest absolute Gasteiger partial charge is 0.386 e. The average Bonchev–Trinajstić information content (AvgIpc) is 3.08. The Balaban J connectivity index is 1.22. The number of carbonyl (C=O) groups is 2. The van der Waals surface area contributed by atoms with Crippen LogP contribution in [0.5, 0.6) is 34.5 Å². The first-order chi connectivity index (χ1) is 21.3. The molecule has 0 aromatic heterocycles. The molecule has 2 aromatic carbocycles. The zero-order valence-electron chi connectivity index (χ0n) is 26.0. The second kappa shape index (κ2) is 15.4. The van der Waals surface area contributed by atoms with Gasteiger partial charge < -0.3 is 28.4 Å². The Hall–Kier alpha value is -4.32. The van der Waals surface area contributed by atoms with E-state index in [4.69, 9.17) is 48.0 Å². The molecule has 1 unspecified atom stereocenters. The number of rotatable bonds is 13. The average molecular weight is 617 g/mol. The van der Waals surface area contributed by atoms with Crippen LogP contribution in [0, 0.1) is 11.8 Å². The fourth-order valence-electron chi connectivity index (χ4n) is 5.69. The van der Waals surface area contributed by atoms with Gasteiger partial charge in [-0.2, -0.15) is 4.89 Å². The lowest BCUT2D eigenvalue weighted by Gasteiger charge is -2.34. The maximum atomic E-state index is 12.7. The SMILES string of the molecule is COc1cc(C(=O)OOC2=CCC(C3CCC(OOC(=O)c4cc(OC)c(OC)c(OC)c4)CC3)CC2)cc(OC)c1OC. The molecule has 2 aliphatic carbocycles. The van der Waals surface area contributed by atoms with Gasteiger partial charge in [0.25, 0.3) is 0 Å². The number of carbonyl (C=O) groups excluding carboxylic acids is 2. The number of hydrogen-bond acceptors (Lipinski definition) is 12. The first-order valence-corrected chi connectivity index (χ1v) is 14.4. The molecule has 0 N–H and O–H groups in total. The minimum atomic E-state index is -0.670. The molecule has 0 spiro atoms. The molecule has 4 rings (SSSR count). The van der Waals surface area contributed by atoms with Crippen molar-refractivity contribution in [2.75, 3.05) is 42.7 Å². The summed E-state index contributed by atoms with van der Waals surface area (Å²) in [5.74, 6) is 2.47. The quantitative estimate of drug-likeness (QED) is 0.198. The molecule has 0 radical (unpaired) electrons. The summed E-state index contributed by atoms with van der Waals surface area (Å²) in [6.45, 7) is 0. The van der Waals surface area contributed by atoms with Gasteiger partial charge in [-0.15, -0.1) is 0 Å². The van der Waals surface area contributed by atoms with E-state index in [1.165, 1.54) is 66.9 Å². The van der Waals surface area contributed by atoms with Gasteiger partial charge in [0, 0.05) is 6.42 Å². The van der Waals surface area contributed by atoms with Crippen LogP contribution < -0.4 is 28.4 Å². The highest BCUT2D eigenvalue weighted by Gasteiger charge is 2.31. The summed E-state index contributed by atoms with van der Waals surface area (Å²) in [6, 6.07) is 6.05. The monoisotopic (exact) mass is 616 g/mol. The van der Waals surface area contributed by atoms with E-state index in [0.717, 1.165) is 38.5 Å². The van der Waals surface area contributed by atoms with Crippen LogP contribution in [0.15, 0.2) is 36.1 Å². The van der Waals surface area contributed by atoms with Crippen molar-refractivity contribution in [2.24, 2.45) is 11.8 Å². The van der Waals surface area contributed by atoms with Crippen molar-refractivity contribution < 1.29 is 57.6 Å². The van der Waals surface area contributed by atoms with Gasteiger partial charge in [0.2, 0.25) is 11.5 Å². The number of allylic oxidation sites excluding steroid dienone is 2. The Morgan fingerprint density at radius 1 is 0.591 bits per heavy atom. The van der Waals surface area contributed by atoms with Crippen molar-refractivity contribution in [3.05, 3.63) is 47.2 Å². The van der Waals surface area contributed by atoms with Crippen molar-refractivity contribution in [3.8, 4) is 34.5 Å². The van der Waals surface area contributed by atoms with E-state index in [1.54, 1.807) is 0 Å². The summed E-state index contributed by atoms with van der Waals surface area (Å²) >= 11 is 0. The van der Waals surface area contributed by atoms with E-state index < -0.39 is 11.9 Å². The number of ether oxygens (including phenoxy) is 6. The summed E-state index contributed by atoms with van der Waals surface area (Å²) in [6.07, 6.45) is 7.68. The summed E-state index contributed by atoms with van der Waals surface area (Å²) in [4.78, 5) is 46.5. The lowest BCUT2D eigenvalue weighted by atomic mass is 9.74. The molecule has 2 aromatic rings. The van der Waals surface area contributed by atoms with Crippen molar-refractivity contribution >= 4 is 11.9 Å². The van der Waals surface area contributed by atoms with E-state index in [-0.39, 0.29) is 17.2 Å². The third-order valence-corrected chi connectivity index (χ3v) is 8.08. The Morgan fingerprint density at radius 2 is 1.07 bits per heavy atom. The molecule has 2 aliphatic rings. The van der Waals surface area contributed by atoms with Crippen LogP contribution in [0.4, 0.5) is 0 Å². The van der Waals surface area contributed by atoms with Gasteiger partial charge in [0.15, 0.2) is 28.8 Å². The molecule has 0 heterocycles. The van der Waals surface area contributed by atoms with Crippen LogP contribution in [-0.4, -0.2) is 60.7 Å². The predicted octanol–water partition coefficient (Wildman–Crippen LogP) is 5.86. The Kier molecular flexibility index (Phi) is 11.4. The third kappa shape index (κ3) is 7.60. The number of methoxy groups -OCH3 is 6. The molecule has 12 nitrogen and oxygen atoms in total.